The molecular formula is C23H26N2O5. The van der Waals surface area contributed by atoms with E-state index in [1.54, 1.807) is 37.3 Å². The summed E-state index contributed by atoms with van der Waals surface area (Å²) < 4.78 is 16.0. The number of ether oxygens (including phenoxy) is 3. The van der Waals surface area contributed by atoms with E-state index in [0.717, 1.165) is 16.8 Å². The molecule has 1 saturated heterocycles. The number of rotatable bonds is 4. The van der Waals surface area contributed by atoms with Gasteiger partial charge in [-0.05, 0) is 43.5 Å². The number of benzene rings is 2. The van der Waals surface area contributed by atoms with Gasteiger partial charge in [0.2, 0.25) is 0 Å². The third kappa shape index (κ3) is 3.56. The van der Waals surface area contributed by atoms with Crippen LogP contribution in [0.3, 0.4) is 0 Å². The van der Waals surface area contributed by atoms with Crippen LogP contribution in [0.15, 0.2) is 36.4 Å². The van der Waals surface area contributed by atoms with Crippen molar-refractivity contribution < 1.29 is 23.8 Å². The van der Waals surface area contributed by atoms with Crippen LogP contribution in [-0.4, -0.2) is 50.3 Å². The molecule has 0 radical (unpaired) electrons. The van der Waals surface area contributed by atoms with Crippen LogP contribution in [0.4, 0.5) is 10.5 Å². The third-order valence-electron chi connectivity index (χ3n) is 5.94. The van der Waals surface area contributed by atoms with Crippen LogP contribution in [0.2, 0.25) is 0 Å². The summed E-state index contributed by atoms with van der Waals surface area (Å²) in [6, 6.07) is 11.2. The van der Waals surface area contributed by atoms with Gasteiger partial charge in [0, 0.05) is 30.8 Å². The van der Waals surface area contributed by atoms with Crippen LogP contribution >= 0.6 is 0 Å². The fourth-order valence-electron chi connectivity index (χ4n) is 4.22. The number of methoxy groups -OCH3 is 2. The molecule has 2 aliphatic rings. The minimum absolute atomic E-state index is 0.000151. The molecule has 7 nitrogen and oxygen atoms in total. The van der Waals surface area contributed by atoms with Gasteiger partial charge in [-0.3, -0.25) is 9.69 Å². The van der Waals surface area contributed by atoms with Crippen LogP contribution in [0.5, 0.6) is 11.5 Å². The maximum Gasteiger partial charge on any atom is 0.414 e. The lowest BCUT2D eigenvalue weighted by molar-refractivity contribution is 0.0705. The van der Waals surface area contributed by atoms with Gasteiger partial charge in [-0.25, -0.2) is 4.79 Å². The number of hydrogen-bond donors (Lipinski definition) is 0. The van der Waals surface area contributed by atoms with E-state index in [-0.39, 0.29) is 18.0 Å². The molecule has 0 saturated carbocycles. The predicted molar refractivity (Wildman–Crippen MR) is 112 cm³/mol. The summed E-state index contributed by atoms with van der Waals surface area (Å²) in [6.45, 7) is 3.46. The summed E-state index contributed by atoms with van der Waals surface area (Å²) in [6.07, 6.45) is 1.06. The largest absolute Gasteiger partial charge is 0.497 e. The normalized spacial score (nSPS) is 16.7. The molecule has 1 fully saturated rings. The molecule has 0 aliphatic carbocycles. The number of fused-ring (bicyclic) bond motifs is 1. The van der Waals surface area contributed by atoms with Gasteiger partial charge in [-0.2, -0.15) is 0 Å². The Morgan fingerprint density at radius 1 is 1.10 bits per heavy atom. The second-order valence-corrected chi connectivity index (χ2v) is 7.59. The molecule has 2 aromatic carbocycles. The van der Waals surface area contributed by atoms with Crippen molar-refractivity contribution in [2.75, 3.05) is 32.2 Å². The number of hydrogen-bond acceptors (Lipinski definition) is 5. The quantitative estimate of drug-likeness (QED) is 0.768. The second kappa shape index (κ2) is 8.26. The molecule has 2 aliphatic heterocycles. The average molecular weight is 410 g/mol. The van der Waals surface area contributed by atoms with Crippen LogP contribution < -0.4 is 14.4 Å². The highest BCUT2D eigenvalue weighted by atomic mass is 16.6. The van der Waals surface area contributed by atoms with Crippen molar-refractivity contribution in [1.82, 2.24) is 4.90 Å². The van der Waals surface area contributed by atoms with Crippen molar-refractivity contribution in [2.24, 2.45) is 0 Å². The van der Waals surface area contributed by atoms with E-state index >= 15 is 0 Å². The number of cyclic esters (lactones) is 1. The molecule has 2 amide bonds. The Morgan fingerprint density at radius 2 is 1.87 bits per heavy atom. The number of amides is 2. The first-order chi connectivity index (χ1) is 14.5. The number of piperidine rings is 1. The maximum absolute atomic E-state index is 13.1. The first kappa shape index (κ1) is 20.1. The van der Waals surface area contributed by atoms with Crippen LogP contribution in [0, 0.1) is 6.92 Å². The van der Waals surface area contributed by atoms with Crippen LogP contribution in [0.1, 0.15) is 34.3 Å². The molecule has 7 heteroatoms. The summed E-state index contributed by atoms with van der Waals surface area (Å²) in [7, 11) is 3.12. The molecule has 2 heterocycles. The summed E-state index contributed by atoms with van der Waals surface area (Å²) in [5, 5.41) is 0. The molecule has 4 rings (SSSR count). The first-order valence-corrected chi connectivity index (χ1v) is 10.1. The van der Waals surface area contributed by atoms with E-state index < -0.39 is 0 Å². The Balaban J connectivity index is 1.49. The smallest absolute Gasteiger partial charge is 0.414 e. The number of nitrogens with zero attached hydrogens (tertiary/aromatic N) is 2. The highest BCUT2D eigenvalue weighted by Crippen LogP contribution is 2.34. The van der Waals surface area contributed by atoms with Gasteiger partial charge in [0.1, 0.15) is 18.1 Å². The molecule has 0 atom stereocenters. The summed E-state index contributed by atoms with van der Waals surface area (Å²) >= 11 is 0. The minimum Gasteiger partial charge on any atom is -0.497 e. The van der Waals surface area contributed by atoms with Crippen molar-refractivity contribution in [2.45, 2.75) is 32.4 Å². The van der Waals surface area contributed by atoms with Crippen LogP contribution in [-0.2, 0) is 11.3 Å². The summed E-state index contributed by atoms with van der Waals surface area (Å²) in [5.41, 5.74) is 3.60. The van der Waals surface area contributed by atoms with Crippen molar-refractivity contribution >= 4 is 17.7 Å². The Bertz CT molecular complexity index is 966. The molecule has 158 valence electrons. The Morgan fingerprint density at radius 3 is 2.57 bits per heavy atom. The molecule has 0 aromatic heterocycles. The van der Waals surface area contributed by atoms with Gasteiger partial charge in [-0.1, -0.05) is 12.1 Å². The standard InChI is InChI=1S/C23H26N2O5/c1-15-5-4-6-20-19(15)14-30-23(27)25(20)16-9-11-24(12-10-16)22(26)18-8-7-17(28-2)13-21(18)29-3/h4-8,13,16H,9-12,14H2,1-3H3. The van der Waals surface area contributed by atoms with E-state index in [1.807, 2.05) is 30.0 Å². The number of likely N-dealkylation sites (tertiary alicyclic amines) is 1. The lowest BCUT2D eigenvalue weighted by Crippen LogP contribution is -2.50. The highest BCUT2D eigenvalue weighted by Gasteiger charge is 2.36. The van der Waals surface area contributed by atoms with Gasteiger partial charge < -0.3 is 19.1 Å². The number of carbonyl (C=O) groups excluding carboxylic acids is 2. The van der Waals surface area contributed by atoms with E-state index in [9.17, 15) is 9.59 Å². The maximum atomic E-state index is 13.1. The van der Waals surface area contributed by atoms with Gasteiger partial charge in [0.05, 0.1) is 25.5 Å². The van der Waals surface area contributed by atoms with Gasteiger partial charge in [0.25, 0.3) is 5.91 Å². The highest BCUT2D eigenvalue weighted by molar-refractivity contribution is 5.97. The minimum atomic E-state index is -0.310. The topological polar surface area (TPSA) is 68.3 Å². The zero-order valence-corrected chi connectivity index (χ0v) is 17.5. The SMILES string of the molecule is COc1ccc(C(=O)N2CCC(N3C(=O)OCc4c(C)cccc43)CC2)c(OC)c1. The first-order valence-electron chi connectivity index (χ1n) is 10.1. The molecule has 0 unspecified atom stereocenters. The fraction of sp³-hybridized carbons (Fsp3) is 0.391. The fourth-order valence-corrected chi connectivity index (χ4v) is 4.22. The van der Waals surface area contributed by atoms with E-state index in [2.05, 4.69) is 0 Å². The summed E-state index contributed by atoms with van der Waals surface area (Å²) in [5.74, 6) is 1.05. The molecule has 0 spiro atoms. The Hall–Kier alpha value is -3.22. The summed E-state index contributed by atoms with van der Waals surface area (Å²) in [4.78, 5) is 29.2. The van der Waals surface area contributed by atoms with Crippen molar-refractivity contribution in [1.29, 1.82) is 0 Å². The zero-order chi connectivity index (χ0) is 21.3. The third-order valence-corrected chi connectivity index (χ3v) is 5.94. The van der Waals surface area contributed by atoms with Gasteiger partial charge >= 0.3 is 6.09 Å². The predicted octanol–water partition coefficient (Wildman–Crippen LogP) is 3.77. The van der Waals surface area contributed by atoms with Crippen molar-refractivity contribution in [3.8, 4) is 11.5 Å². The molecule has 0 N–H and O–H groups in total. The van der Waals surface area contributed by atoms with Gasteiger partial charge in [-0.15, -0.1) is 0 Å². The number of anilines is 1. The molecule has 30 heavy (non-hydrogen) atoms. The molecule has 2 aromatic rings. The monoisotopic (exact) mass is 410 g/mol. The van der Waals surface area contributed by atoms with Gasteiger partial charge in [0.15, 0.2) is 0 Å². The second-order valence-electron chi connectivity index (χ2n) is 7.59. The van der Waals surface area contributed by atoms with Crippen LogP contribution in [0.25, 0.3) is 0 Å². The van der Waals surface area contributed by atoms with E-state index in [0.29, 0.717) is 49.6 Å². The van der Waals surface area contributed by atoms with Crippen molar-refractivity contribution in [3.05, 3.63) is 53.1 Å². The Kier molecular flexibility index (Phi) is 5.53. The Labute approximate surface area is 176 Å². The average Bonchev–Trinajstić information content (AvgIpc) is 2.78. The molecule has 0 bridgehead atoms. The number of carbonyl (C=O) groups is 2. The van der Waals surface area contributed by atoms with E-state index in [1.165, 1.54) is 0 Å². The van der Waals surface area contributed by atoms with Crippen molar-refractivity contribution in [3.63, 3.8) is 0 Å². The molecular weight excluding hydrogens is 384 g/mol. The van der Waals surface area contributed by atoms with E-state index in [4.69, 9.17) is 14.2 Å². The number of aryl methyl sites for hydroxylation is 1. The lowest BCUT2D eigenvalue weighted by atomic mass is 9.98. The lowest BCUT2D eigenvalue weighted by Gasteiger charge is -2.40. The zero-order valence-electron chi connectivity index (χ0n) is 17.5.